The zero-order valence-electron chi connectivity index (χ0n) is 13.6. The molecule has 1 aromatic carbocycles. The lowest BCUT2D eigenvalue weighted by Crippen LogP contribution is -2.36. The standard InChI is InChI=1S/C17H26N4O/c1-3-18-17(19-4-2)20-12-14-7-5-8-15(11-14)13-21-10-6-9-16(21)22/h5,7-8,11H,3-4,6,9-10,12-13H2,1-2H3,(H2,18,19,20). The second-order valence-electron chi connectivity index (χ2n) is 5.46. The first kappa shape index (κ1) is 16.3. The average Bonchev–Trinajstić information content (AvgIpc) is 2.91. The van der Waals surface area contributed by atoms with E-state index < -0.39 is 0 Å². The van der Waals surface area contributed by atoms with Crippen molar-refractivity contribution in [3.05, 3.63) is 35.4 Å². The third kappa shape index (κ3) is 4.76. The lowest BCUT2D eigenvalue weighted by atomic mass is 10.1. The van der Waals surface area contributed by atoms with Crippen LogP contribution < -0.4 is 10.6 Å². The van der Waals surface area contributed by atoms with Crippen LogP contribution in [-0.2, 0) is 17.9 Å². The van der Waals surface area contributed by atoms with E-state index in [1.807, 2.05) is 11.0 Å². The molecule has 1 fully saturated rings. The van der Waals surface area contributed by atoms with Gasteiger partial charge in [0.05, 0.1) is 6.54 Å². The molecule has 1 aliphatic rings. The van der Waals surface area contributed by atoms with Crippen molar-refractivity contribution < 1.29 is 4.79 Å². The van der Waals surface area contributed by atoms with Gasteiger partial charge in [0.2, 0.25) is 5.91 Å². The SMILES string of the molecule is CCNC(=NCc1cccc(CN2CCCC2=O)c1)NCC. The lowest BCUT2D eigenvalue weighted by Gasteiger charge is -2.16. The highest BCUT2D eigenvalue weighted by Gasteiger charge is 2.19. The van der Waals surface area contributed by atoms with Crippen molar-refractivity contribution in [2.45, 2.75) is 39.8 Å². The molecule has 0 unspecified atom stereocenters. The predicted octanol–water partition coefficient (Wildman–Crippen LogP) is 1.88. The largest absolute Gasteiger partial charge is 0.357 e. The van der Waals surface area contributed by atoms with Crippen molar-refractivity contribution in [3.8, 4) is 0 Å². The molecule has 0 atom stereocenters. The summed E-state index contributed by atoms with van der Waals surface area (Å²) in [5.41, 5.74) is 2.34. The molecule has 2 N–H and O–H groups in total. The third-order valence-corrected chi connectivity index (χ3v) is 3.64. The number of guanidine groups is 1. The Morgan fingerprint density at radius 2 is 1.95 bits per heavy atom. The smallest absolute Gasteiger partial charge is 0.222 e. The summed E-state index contributed by atoms with van der Waals surface area (Å²) in [5.74, 6) is 1.11. The first-order valence-corrected chi connectivity index (χ1v) is 8.10. The molecule has 120 valence electrons. The van der Waals surface area contributed by atoms with Gasteiger partial charge in [0.25, 0.3) is 0 Å². The second kappa shape index (κ2) is 8.41. The lowest BCUT2D eigenvalue weighted by molar-refractivity contribution is -0.128. The molecule has 0 saturated carbocycles. The van der Waals surface area contributed by atoms with Gasteiger partial charge in [-0.2, -0.15) is 0 Å². The molecule has 1 saturated heterocycles. The highest BCUT2D eigenvalue weighted by atomic mass is 16.2. The van der Waals surface area contributed by atoms with Gasteiger partial charge < -0.3 is 15.5 Å². The summed E-state index contributed by atoms with van der Waals surface area (Å²) in [5, 5.41) is 6.44. The Morgan fingerprint density at radius 1 is 1.23 bits per heavy atom. The number of likely N-dealkylation sites (tertiary alicyclic amines) is 1. The number of aliphatic imine (C=N–C) groups is 1. The van der Waals surface area contributed by atoms with E-state index in [0.29, 0.717) is 19.5 Å². The van der Waals surface area contributed by atoms with Crippen LogP contribution in [0.1, 0.15) is 37.8 Å². The van der Waals surface area contributed by atoms with E-state index >= 15 is 0 Å². The van der Waals surface area contributed by atoms with E-state index in [1.54, 1.807) is 0 Å². The van der Waals surface area contributed by atoms with Crippen LogP contribution in [-0.4, -0.2) is 36.4 Å². The van der Waals surface area contributed by atoms with E-state index in [-0.39, 0.29) is 5.91 Å². The molecule has 0 bridgehead atoms. The van der Waals surface area contributed by atoms with Crippen molar-refractivity contribution in [1.82, 2.24) is 15.5 Å². The van der Waals surface area contributed by atoms with Gasteiger partial charge in [-0.3, -0.25) is 4.79 Å². The molecule has 0 aliphatic carbocycles. The minimum atomic E-state index is 0.269. The number of benzene rings is 1. The highest BCUT2D eigenvalue weighted by Crippen LogP contribution is 2.15. The van der Waals surface area contributed by atoms with Gasteiger partial charge >= 0.3 is 0 Å². The summed E-state index contributed by atoms with van der Waals surface area (Å²) in [6.07, 6.45) is 1.68. The molecule has 1 aliphatic heterocycles. The normalized spacial score (nSPS) is 14.1. The first-order valence-electron chi connectivity index (χ1n) is 8.10. The van der Waals surface area contributed by atoms with Gasteiger partial charge in [-0.15, -0.1) is 0 Å². The maximum atomic E-state index is 11.7. The predicted molar refractivity (Wildman–Crippen MR) is 89.6 cm³/mol. The van der Waals surface area contributed by atoms with Crippen LogP contribution in [0, 0.1) is 0 Å². The van der Waals surface area contributed by atoms with Crippen molar-refractivity contribution in [3.63, 3.8) is 0 Å². The Labute approximate surface area is 132 Å². The molecule has 0 aromatic heterocycles. The van der Waals surface area contributed by atoms with Crippen LogP contribution in [0.4, 0.5) is 0 Å². The number of nitrogens with zero attached hydrogens (tertiary/aromatic N) is 2. The quantitative estimate of drug-likeness (QED) is 0.623. The molecule has 1 aromatic rings. The molecule has 5 nitrogen and oxygen atoms in total. The van der Waals surface area contributed by atoms with E-state index in [1.165, 1.54) is 5.56 Å². The van der Waals surface area contributed by atoms with Crippen molar-refractivity contribution in [2.75, 3.05) is 19.6 Å². The van der Waals surface area contributed by atoms with Crippen LogP contribution in [0.15, 0.2) is 29.3 Å². The number of carbonyl (C=O) groups is 1. The fourth-order valence-corrected chi connectivity index (χ4v) is 2.60. The maximum Gasteiger partial charge on any atom is 0.222 e. The molecule has 1 heterocycles. The van der Waals surface area contributed by atoms with Crippen LogP contribution in [0.2, 0.25) is 0 Å². The second-order valence-corrected chi connectivity index (χ2v) is 5.46. The molecule has 5 heteroatoms. The summed E-state index contributed by atoms with van der Waals surface area (Å²) in [4.78, 5) is 18.2. The van der Waals surface area contributed by atoms with Crippen molar-refractivity contribution >= 4 is 11.9 Å². The number of carbonyl (C=O) groups excluding carboxylic acids is 1. The fraction of sp³-hybridized carbons (Fsp3) is 0.529. The summed E-state index contributed by atoms with van der Waals surface area (Å²) in [6.45, 7) is 8.04. The van der Waals surface area contributed by atoms with E-state index in [2.05, 4.69) is 47.7 Å². The van der Waals surface area contributed by atoms with E-state index in [9.17, 15) is 4.79 Å². The zero-order valence-corrected chi connectivity index (χ0v) is 13.6. The molecular formula is C17H26N4O. The van der Waals surface area contributed by atoms with E-state index in [0.717, 1.165) is 37.6 Å². The van der Waals surface area contributed by atoms with Crippen LogP contribution in [0.25, 0.3) is 0 Å². The van der Waals surface area contributed by atoms with Crippen LogP contribution >= 0.6 is 0 Å². The third-order valence-electron chi connectivity index (χ3n) is 3.64. The Morgan fingerprint density at radius 3 is 2.59 bits per heavy atom. The zero-order chi connectivity index (χ0) is 15.8. The molecule has 22 heavy (non-hydrogen) atoms. The average molecular weight is 302 g/mol. The summed E-state index contributed by atoms with van der Waals surface area (Å²) in [7, 11) is 0. The van der Waals surface area contributed by atoms with Crippen molar-refractivity contribution in [2.24, 2.45) is 4.99 Å². The summed E-state index contributed by atoms with van der Waals surface area (Å²) < 4.78 is 0. The molecular weight excluding hydrogens is 276 g/mol. The summed E-state index contributed by atoms with van der Waals surface area (Å²) >= 11 is 0. The van der Waals surface area contributed by atoms with E-state index in [4.69, 9.17) is 0 Å². The molecule has 0 radical (unpaired) electrons. The topological polar surface area (TPSA) is 56.7 Å². The van der Waals surface area contributed by atoms with Crippen molar-refractivity contribution in [1.29, 1.82) is 0 Å². The van der Waals surface area contributed by atoms with Gasteiger partial charge in [-0.05, 0) is 31.4 Å². The Hall–Kier alpha value is -2.04. The summed E-state index contributed by atoms with van der Waals surface area (Å²) in [6, 6.07) is 8.34. The minimum Gasteiger partial charge on any atom is -0.357 e. The molecule has 1 amide bonds. The Kier molecular flexibility index (Phi) is 6.25. The van der Waals surface area contributed by atoms with Crippen LogP contribution in [0.3, 0.4) is 0 Å². The Bertz CT molecular complexity index is 519. The Balaban J connectivity index is 1.98. The number of hydrogen-bond donors (Lipinski definition) is 2. The van der Waals surface area contributed by atoms with Gasteiger partial charge in [0.1, 0.15) is 0 Å². The number of hydrogen-bond acceptors (Lipinski definition) is 2. The first-order chi connectivity index (χ1) is 10.7. The van der Waals surface area contributed by atoms with Crippen LogP contribution in [0.5, 0.6) is 0 Å². The maximum absolute atomic E-state index is 11.7. The molecule has 2 rings (SSSR count). The highest BCUT2D eigenvalue weighted by molar-refractivity contribution is 5.79. The number of rotatable bonds is 6. The minimum absolute atomic E-state index is 0.269. The fourth-order valence-electron chi connectivity index (χ4n) is 2.60. The molecule has 0 spiro atoms. The number of nitrogens with one attached hydrogen (secondary N) is 2. The van der Waals surface area contributed by atoms with Gasteiger partial charge in [-0.1, -0.05) is 24.3 Å². The van der Waals surface area contributed by atoms with Gasteiger partial charge in [-0.25, -0.2) is 4.99 Å². The van der Waals surface area contributed by atoms with Gasteiger partial charge in [0.15, 0.2) is 5.96 Å². The number of amides is 1. The monoisotopic (exact) mass is 302 g/mol. The van der Waals surface area contributed by atoms with Gasteiger partial charge in [0, 0.05) is 32.6 Å².